The fraction of sp³-hybridized carbons (Fsp3) is 0.562. The third-order valence-corrected chi connectivity index (χ3v) is 3.60. The summed E-state index contributed by atoms with van der Waals surface area (Å²) in [4.78, 5) is 4.20. The predicted molar refractivity (Wildman–Crippen MR) is 83.2 cm³/mol. The molecule has 1 saturated carbocycles. The van der Waals surface area contributed by atoms with Crippen LogP contribution >= 0.6 is 0 Å². The smallest absolute Gasteiger partial charge is 0.191 e. The second-order valence-corrected chi connectivity index (χ2v) is 5.47. The van der Waals surface area contributed by atoms with Crippen LogP contribution in [0.2, 0.25) is 0 Å². The monoisotopic (exact) mass is 293 g/mol. The fourth-order valence-corrected chi connectivity index (χ4v) is 2.05. The van der Waals surface area contributed by atoms with Crippen LogP contribution in [-0.2, 0) is 0 Å². The number of nitrogens with one attached hydrogen (secondary N) is 2. The van der Waals surface area contributed by atoms with Crippen LogP contribution in [0.25, 0.3) is 0 Å². The van der Waals surface area contributed by atoms with Crippen LogP contribution in [0.5, 0.6) is 5.75 Å². The molecule has 1 aliphatic carbocycles. The summed E-state index contributed by atoms with van der Waals surface area (Å²) in [5.74, 6) is 2.11. The largest absolute Gasteiger partial charge is 0.494 e. The van der Waals surface area contributed by atoms with Crippen LogP contribution in [0.1, 0.15) is 26.2 Å². The highest BCUT2D eigenvalue weighted by Gasteiger charge is 2.32. The average Bonchev–Trinajstić information content (AvgIpc) is 3.18. The molecule has 0 radical (unpaired) electrons. The van der Waals surface area contributed by atoms with Crippen LogP contribution < -0.4 is 15.4 Å². The molecule has 1 aromatic rings. The molecule has 116 valence electrons. The third-order valence-electron chi connectivity index (χ3n) is 3.60. The van der Waals surface area contributed by atoms with Gasteiger partial charge in [-0.2, -0.15) is 0 Å². The highest BCUT2D eigenvalue weighted by atomic mass is 19.1. The molecule has 0 spiro atoms. The minimum Gasteiger partial charge on any atom is -0.494 e. The maximum absolute atomic E-state index is 12.7. The molecule has 0 amide bonds. The van der Waals surface area contributed by atoms with Gasteiger partial charge in [0.15, 0.2) is 5.96 Å². The van der Waals surface area contributed by atoms with E-state index < -0.39 is 0 Å². The van der Waals surface area contributed by atoms with E-state index in [0.29, 0.717) is 18.4 Å². The van der Waals surface area contributed by atoms with Crippen molar-refractivity contribution in [3.8, 4) is 5.75 Å². The van der Waals surface area contributed by atoms with Gasteiger partial charge in [-0.15, -0.1) is 0 Å². The number of halogens is 1. The topological polar surface area (TPSA) is 45.7 Å². The SMILES string of the molecule is CN=C(NCCCCOc1ccc(F)cc1)NC1CC1C. The predicted octanol–water partition coefficient (Wildman–Crippen LogP) is 2.56. The number of aliphatic imine (C=N–C) groups is 1. The van der Waals surface area contributed by atoms with Crippen molar-refractivity contribution < 1.29 is 9.13 Å². The summed E-state index contributed by atoms with van der Waals surface area (Å²) in [5.41, 5.74) is 0. The second-order valence-electron chi connectivity index (χ2n) is 5.47. The van der Waals surface area contributed by atoms with Crippen molar-refractivity contribution in [2.45, 2.75) is 32.2 Å². The Morgan fingerprint density at radius 1 is 1.33 bits per heavy atom. The van der Waals surface area contributed by atoms with Crippen LogP contribution in [0, 0.1) is 11.7 Å². The zero-order valence-corrected chi connectivity index (χ0v) is 12.7. The number of hydrogen-bond acceptors (Lipinski definition) is 2. The Labute approximate surface area is 125 Å². The van der Waals surface area contributed by atoms with E-state index in [4.69, 9.17) is 4.74 Å². The molecule has 21 heavy (non-hydrogen) atoms. The van der Waals surface area contributed by atoms with Gasteiger partial charge >= 0.3 is 0 Å². The Kier molecular flexibility index (Phi) is 5.84. The van der Waals surface area contributed by atoms with Gasteiger partial charge in [0.25, 0.3) is 0 Å². The lowest BCUT2D eigenvalue weighted by Gasteiger charge is -2.11. The van der Waals surface area contributed by atoms with E-state index in [1.807, 2.05) is 0 Å². The molecule has 1 fully saturated rings. The maximum Gasteiger partial charge on any atom is 0.191 e. The summed E-state index contributed by atoms with van der Waals surface area (Å²) in [6.45, 7) is 3.74. The zero-order chi connectivity index (χ0) is 15.1. The summed E-state index contributed by atoms with van der Waals surface area (Å²) in [6, 6.07) is 6.70. The third kappa shape index (κ3) is 5.61. The Balaban J connectivity index is 1.52. The highest BCUT2D eigenvalue weighted by molar-refractivity contribution is 5.80. The van der Waals surface area contributed by atoms with E-state index in [1.54, 1.807) is 19.2 Å². The first-order valence-corrected chi connectivity index (χ1v) is 7.54. The number of guanidine groups is 1. The van der Waals surface area contributed by atoms with Crippen molar-refractivity contribution in [3.63, 3.8) is 0 Å². The van der Waals surface area contributed by atoms with Gasteiger partial charge in [-0.3, -0.25) is 4.99 Å². The number of hydrogen-bond donors (Lipinski definition) is 2. The van der Waals surface area contributed by atoms with Crippen molar-refractivity contribution in [2.75, 3.05) is 20.2 Å². The van der Waals surface area contributed by atoms with Crippen molar-refractivity contribution in [1.29, 1.82) is 0 Å². The molecule has 2 N–H and O–H groups in total. The molecular weight excluding hydrogens is 269 g/mol. The molecule has 2 unspecified atom stereocenters. The number of benzene rings is 1. The Hall–Kier alpha value is -1.78. The molecular formula is C16H24FN3O. The van der Waals surface area contributed by atoms with Gasteiger partial charge in [0.2, 0.25) is 0 Å². The lowest BCUT2D eigenvalue weighted by atomic mass is 10.3. The van der Waals surface area contributed by atoms with Crippen molar-refractivity contribution >= 4 is 5.96 Å². The molecule has 2 atom stereocenters. The van der Waals surface area contributed by atoms with Crippen molar-refractivity contribution in [1.82, 2.24) is 10.6 Å². The Bertz CT molecular complexity index is 461. The molecule has 0 saturated heterocycles. The van der Waals surface area contributed by atoms with Gasteiger partial charge in [0, 0.05) is 19.6 Å². The fourth-order valence-electron chi connectivity index (χ4n) is 2.05. The van der Waals surface area contributed by atoms with Gasteiger partial charge in [-0.05, 0) is 49.4 Å². The first-order chi connectivity index (χ1) is 10.2. The molecule has 0 heterocycles. The van der Waals surface area contributed by atoms with Gasteiger partial charge in [0.1, 0.15) is 11.6 Å². The molecule has 2 rings (SSSR count). The lowest BCUT2D eigenvalue weighted by Crippen LogP contribution is -2.39. The number of nitrogens with zero attached hydrogens (tertiary/aromatic N) is 1. The van der Waals surface area contributed by atoms with Crippen LogP contribution in [-0.4, -0.2) is 32.2 Å². The van der Waals surface area contributed by atoms with E-state index in [-0.39, 0.29) is 5.82 Å². The average molecular weight is 293 g/mol. The summed E-state index contributed by atoms with van der Waals surface area (Å²) >= 11 is 0. The van der Waals surface area contributed by atoms with Crippen LogP contribution in [0.4, 0.5) is 4.39 Å². The molecule has 1 aliphatic rings. The standard InChI is InChI=1S/C16H24FN3O/c1-12-11-15(12)20-16(18-2)19-9-3-4-10-21-14-7-5-13(17)6-8-14/h5-8,12,15H,3-4,9-11H2,1-2H3,(H2,18,19,20). The molecule has 0 aliphatic heterocycles. The normalized spacial score (nSPS) is 21.0. The lowest BCUT2D eigenvalue weighted by molar-refractivity contribution is 0.306. The summed E-state index contributed by atoms with van der Waals surface area (Å²) < 4.78 is 18.3. The minimum absolute atomic E-state index is 0.240. The van der Waals surface area contributed by atoms with Crippen molar-refractivity contribution in [3.05, 3.63) is 30.1 Å². The number of unbranched alkanes of at least 4 members (excludes halogenated alkanes) is 1. The molecule has 4 nitrogen and oxygen atoms in total. The Morgan fingerprint density at radius 2 is 2.05 bits per heavy atom. The van der Waals surface area contributed by atoms with Crippen LogP contribution in [0.15, 0.2) is 29.3 Å². The van der Waals surface area contributed by atoms with Gasteiger partial charge in [-0.25, -0.2) is 4.39 Å². The quantitative estimate of drug-likeness (QED) is 0.461. The summed E-state index contributed by atoms with van der Waals surface area (Å²) in [5, 5.41) is 6.69. The number of ether oxygens (including phenoxy) is 1. The Morgan fingerprint density at radius 3 is 2.67 bits per heavy atom. The van der Waals surface area contributed by atoms with E-state index in [9.17, 15) is 4.39 Å². The first-order valence-electron chi connectivity index (χ1n) is 7.54. The summed E-state index contributed by atoms with van der Waals surface area (Å²) in [6.07, 6.45) is 3.18. The van der Waals surface area contributed by atoms with Gasteiger partial charge < -0.3 is 15.4 Å². The minimum atomic E-state index is -0.240. The molecule has 1 aromatic carbocycles. The number of rotatable bonds is 7. The van der Waals surface area contributed by atoms with Gasteiger partial charge in [-0.1, -0.05) is 6.92 Å². The molecule has 0 bridgehead atoms. The van der Waals surface area contributed by atoms with Crippen molar-refractivity contribution in [2.24, 2.45) is 10.9 Å². The molecule has 5 heteroatoms. The van der Waals surface area contributed by atoms with E-state index in [2.05, 4.69) is 22.5 Å². The second kappa shape index (κ2) is 7.86. The van der Waals surface area contributed by atoms with Crippen LogP contribution in [0.3, 0.4) is 0 Å². The summed E-state index contributed by atoms with van der Waals surface area (Å²) in [7, 11) is 1.79. The molecule has 0 aromatic heterocycles. The zero-order valence-electron chi connectivity index (χ0n) is 12.7. The van der Waals surface area contributed by atoms with E-state index in [1.165, 1.54) is 18.6 Å². The van der Waals surface area contributed by atoms with Gasteiger partial charge in [0.05, 0.1) is 6.61 Å². The van der Waals surface area contributed by atoms with E-state index >= 15 is 0 Å². The first kappa shape index (κ1) is 15.6. The highest BCUT2D eigenvalue weighted by Crippen LogP contribution is 2.28. The van der Waals surface area contributed by atoms with E-state index in [0.717, 1.165) is 31.3 Å². The maximum atomic E-state index is 12.7.